The first kappa shape index (κ1) is 31.4. The van der Waals surface area contributed by atoms with Crippen LogP contribution in [0.15, 0.2) is 0 Å². The van der Waals surface area contributed by atoms with Gasteiger partial charge in [-0.3, -0.25) is 9.59 Å². The first-order chi connectivity index (χ1) is 11.0. The van der Waals surface area contributed by atoms with Gasteiger partial charge in [0, 0.05) is 12.6 Å². The molecule has 0 amide bonds. The van der Waals surface area contributed by atoms with E-state index in [9.17, 15) is 9.59 Å². The maximum absolute atomic E-state index is 9.45. The van der Waals surface area contributed by atoms with E-state index < -0.39 is 11.9 Å². The molecule has 0 fully saturated rings. The topological polar surface area (TPSA) is 98.5 Å². The van der Waals surface area contributed by atoms with Gasteiger partial charge in [-0.2, -0.15) is 0 Å². The van der Waals surface area contributed by atoms with Crippen LogP contribution in [-0.4, -0.2) is 57.9 Å². The van der Waals surface area contributed by atoms with Crippen molar-refractivity contribution in [2.24, 2.45) is 0 Å². The third kappa shape index (κ3) is 49.6. The average Bonchev–Trinajstić information content (AvgIpc) is 2.51. The Morgan fingerprint density at radius 3 is 1.17 bits per heavy atom. The molecule has 0 radical (unpaired) electrons. The van der Waals surface area contributed by atoms with E-state index in [4.69, 9.17) is 15.6 Å². The molecule has 0 saturated heterocycles. The number of rotatable bonds is 12. The van der Waals surface area contributed by atoms with Crippen LogP contribution in [0.4, 0.5) is 0 Å². The summed E-state index contributed by atoms with van der Waals surface area (Å²) >= 11 is 0. The fraction of sp³-hybridized carbons (Fsp3) is 0.833. The van der Waals surface area contributed by atoms with Gasteiger partial charge in [0.15, 0.2) is 0 Å². The number of aliphatic carboxylic acids is 2. The molecule has 0 aromatic rings. The second kappa shape index (κ2) is 30.5. The van der Waals surface area contributed by atoms with E-state index >= 15 is 0 Å². The number of unbranched alkanes of at least 4 members (excludes halogenated alkanes) is 9. The van der Waals surface area contributed by atoms with Crippen molar-refractivity contribution in [3.05, 3.63) is 0 Å². The molecule has 0 spiro atoms. The van der Waals surface area contributed by atoms with Crippen LogP contribution in [0.2, 0.25) is 0 Å². The zero-order chi connectivity index (χ0) is 18.3. The molecule has 0 aromatic carbocycles. The number of hydrogen-bond acceptors (Lipinski definition) is 3. The van der Waals surface area contributed by atoms with E-state index in [2.05, 4.69) is 13.8 Å². The minimum atomic E-state index is -0.954. The summed E-state index contributed by atoms with van der Waals surface area (Å²) in [5, 5.41) is 21.7. The number of hydrogen-bond donors (Lipinski definition) is 3. The Hall–Kier alpha value is -0.390. The molecule has 0 unspecified atom stereocenters. The molecule has 140 valence electrons. The molecule has 24 heavy (non-hydrogen) atoms. The van der Waals surface area contributed by atoms with Gasteiger partial charge < -0.3 is 15.6 Å². The summed E-state index contributed by atoms with van der Waals surface area (Å²) in [4.78, 5) is 18.8. The number of nitrogens with one attached hydrogen (secondary N) is 1. The molecule has 0 aliphatic heterocycles. The predicted octanol–water partition coefficient (Wildman–Crippen LogP) is 4.87. The van der Waals surface area contributed by atoms with Crippen molar-refractivity contribution in [1.29, 1.82) is 5.41 Å². The Labute approximate surface area is 170 Å². The number of carboxylic acids is 2. The number of carbonyl (C=O) groups is 2. The summed E-state index contributed by atoms with van der Waals surface area (Å²) in [6.07, 6.45) is 15.3. The fourth-order valence-electron chi connectivity index (χ4n) is 1.65. The van der Waals surface area contributed by atoms with Gasteiger partial charge in [0.25, 0.3) is 0 Å². The fourth-order valence-corrected chi connectivity index (χ4v) is 1.65. The van der Waals surface area contributed by atoms with Crippen LogP contribution in [0, 0.1) is 5.41 Å². The van der Waals surface area contributed by atoms with Crippen LogP contribution >= 0.6 is 0 Å². The molecule has 0 rings (SSSR count). The van der Waals surface area contributed by atoms with E-state index in [1.807, 2.05) is 0 Å². The molecule has 0 aliphatic carbocycles. The van der Waals surface area contributed by atoms with Crippen molar-refractivity contribution in [3.63, 3.8) is 0 Å². The molecule has 0 aliphatic rings. The molecule has 6 heteroatoms. The van der Waals surface area contributed by atoms with Crippen molar-refractivity contribution in [2.75, 3.05) is 0 Å². The standard InChI is InChI=1S/C12H26.C3H5NO2.C3H6O2.Na.H/c1-3-5-7-9-11-12-10-8-6-4-2;4-2-1-3(5)6;1-2-3(4)5;;/h3-12H2,1-2H3;2,4H,1H2,(H,5,6);2H2,1H3,(H,4,5);;. The normalized spacial score (nSPS) is 8.62. The van der Waals surface area contributed by atoms with E-state index in [1.54, 1.807) is 6.92 Å². The van der Waals surface area contributed by atoms with Gasteiger partial charge in [0.1, 0.15) is 0 Å². The summed E-state index contributed by atoms with van der Waals surface area (Å²) in [7, 11) is 0. The Kier molecular flexibility index (Phi) is 39.9. The van der Waals surface area contributed by atoms with Gasteiger partial charge in [-0.15, -0.1) is 0 Å². The Morgan fingerprint density at radius 2 is 1.04 bits per heavy atom. The molecule has 0 heterocycles. The van der Waals surface area contributed by atoms with Crippen molar-refractivity contribution in [1.82, 2.24) is 0 Å². The average molecular weight is 355 g/mol. The summed E-state index contributed by atoms with van der Waals surface area (Å²) in [5.41, 5.74) is 0. The SMILES string of the molecule is CCC(=O)O.CCCCCCCCCCCC.N=CCC(=O)O.[NaH]. The third-order valence-electron chi connectivity index (χ3n) is 3.04. The minimum absolute atomic E-state index is 0. The molecule has 0 bridgehead atoms. The summed E-state index contributed by atoms with van der Waals surface area (Å²) < 4.78 is 0. The van der Waals surface area contributed by atoms with E-state index in [0.717, 1.165) is 6.21 Å². The van der Waals surface area contributed by atoms with Crippen LogP contribution in [0.3, 0.4) is 0 Å². The third-order valence-corrected chi connectivity index (χ3v) is 3.04. The molecule has 0 aromatic heterocycles. The Morgan fingerprint density at radius 1 is 0.750 bits per heavy atom. The van der Waals surface area contributed by atoms with Crippen LogP contribution < -0.4 is 0 Å². The van der Waals surface area contributed by atoms with Crippen molar-refractivity contribution >= 4 is 47.7 Å². The quantitative estimate of drug-likeness (QED) is 0.264. The van der Waals surface area contributed by atoms with Crippen LogP contribution in [-0.2, 0) is 9.59 Å². The molecule has 5 nitrogen and oxygen atoms in total. The van der Waals surface area contributed by atoms with Crippen molar-refractivity contribution in [3.8, 4) is 0 Å². The number of carboxylic acid groups (broad SMARTS) is 2. The first-order valence-electron chi connectivity index (χ1n) is 8.88. The Balaban J connectivity index is -0.000000140. The predicted molar refractivity (Wildman–Crippen MR) is 104 cm³/mol. The summed E-state index contributed by atoms with van der Waals surface area (Å²) in [6, 6.07) is 0. The van der Waals surface area contributed by atoms with Crippen LogP contribution in [0.1, 0.15) is 97.8 Å². The van der Waals surface area contributed by atoms with Crippen molar-refractivity contribution in [2.45, 2.75) is 97.8 Å². The van der Waals surface area contributed by atoms with E-state index in [1.165, 1.54) is 64.2 Å². The maximum atomic E-state index is 9.45. The van der Waals surface area contributed by atoms with Gasteiger partial charge in [-0.25, -0.2) is 0 Å². The van der Waals surface area contributed by atoms with Crippen molar-refractivity contribution < 1.29 is 19.8 Å². The van der Waals surface area contributed by atoms with Gasteiger partial charge in [0.2, 0.25) is 0 Å². The molecular weight excluding hydrogens is 317 g/mol. The molecule has 3 N–H and O–H groups in total. The van der Waals surface area contributed by atoms with Crippen LogP contribution in [0.5, 0.6) is 0 Å². The second-order valence-electron chi connectivity index (χ2n) is 5.38. The first-order valence-corrected chi connectivity index (χ1v) is 8.88. The van der Waals surface area contributed by atoms with E-state index in [0.29, 0.717) is 0 Å². The zero-order valence-corrected chi connectivity index (χ0v) is 15.3. The van der Waals surface area contributed by atoms with Gasteiger partial charge in [-0.05, 0) is 0 Å². The van der Waals surface area contributed by atoms with Crippen LogP contribution in [0.25, 0.3) is 0 Å². The van der Waals surface area contributed by atoms with Gasteiger partial charge in [0.05, 0.1) is 6.42 Å². The van der Waals surface area contributed by atoms with Gasteiger partial charge >= 0.3 is 41.5 Å². The van der Waals surface area contributed by atoms with Gasteiger partial charge in [-0.1, -0.05) is 85.0 Å². The Bertz CT molecular complexity index is 264. The van der Waals surface area contributed by atoms with E-state index in [-0.39, 0.29) is 42.4 Å². The summed E-state index contributed by atoms with van der Waals surface area (Å²) in [5.74, 6) is -1.70. The zero-order valence-electron chi connectivity index (χ0n) is 15.3. The summed E-state index contributed by atoms with van der Waals surface area (Å²) in [6.45, 7) is 6.16. The molecule has 0 atom stereocenters. The second-order valence-corrected chi connectivity index (χ2v) is 5.38. The monoisotopic (exact) mass is 355 g/mol. The molecular formula is C18H38NNaO4. The molecule has 0 saturated carbocycles.